The van der Waals surface area contributed by atoms with E-state index < -0.39 is 27.9 Å². The van der Waals surface area contributed by atoms with Crippen LogP contribution in [0, 0.1) is 15.2 Å². The highest BCUT2D eigenvalue weighted by Crippen LogP contribution is 2.25. The lowest BCUT2D eigenvalue weighted by atomic mass is 10.3. The Bertz CT molecular complexity index is 436. The Hall–Kier alpha value is -0.510. The van der Waals surface area contributed by atoms with Gasteiger partial charge in [0, 0.05) is 3.57 Å². The molecule has 0 aliphatic carbocycles. The molecule has 8 heteroatoms. The average Bonchev–Trinajstić information content (AvgIpc) is 1.95. The van der Waals surface area contributed by atoms with Crippen molar-refractivity contribution < 1.29 is 25.3 Å². The molecule has 0 saturated carbocycles. The van der Waals surface area contributed by atoms with Crippen molar-refractivity contribution in [2.75, 3.05) is 0 Å². The molecule has 0 unspecified atom stereocenters. The van der Waals surface area contributed by atoms with Gasteiger partial charge in [-0.25, -0.2) is 8.78 Å². The highest BCUT2D eigenvalue weighted by Gasteiger charge is 2.19. The second-order valence-electron chi connectivity index (χ2n) is 2.17. The zero-order valence-electron chi connectivity index (χ0n) is 6.30. The monoisotopic (exact) mass is 338 g/mol. The van der Waals surface area contributed by atoms with Crippen LogP contribution in [-0.4, -0.2) is 8.42 Å². The molecule has 1 aromatic rings. The lowest BCUT2D eigenvalue weighted by molar-refractivity contribution is 0.403. The van der Waals surface area contributed by atoms with Crippen molar-refractivity contribution in [1.29, 1.82) is 0 Å². The normalized spacial score (nSPS) is 11.4. The van der Waals surface area contributed by atoms with Gasteiger partial charge in [-0.2, -0.15) is 8.42 Å². The van der Waals surface area contributed by atoms with Gasteiger partial charge in [-0.1, -0.05) is 3.89 Å². The van der Waals surface area contributed by atoms with Crippen molar-refractivity contribution in [3.63, 3.8) is 0 Å². The zero-order chi connectivity index (χ0) is 10.9. The van der Waals surface area contributed by atoms with Gasteiger partial charge in [0.25, 0.3) is 0 Å². The molecule has 0 saturated heterocycles. The second kappa shape index (κ2) is 3.93. The smallest absolute Gasteiger partial charge is 0.352 e. The summed E-state index contributed by atoms with van der Waals surface area (Å²) in [4.78, 5) is 0. The number of rotatable bonds is 2. The van der Waals surface area contributed by atoms with E-state index in [1.165, 1.54) is 0 Å². The Morgan fingerprint density at radius 2 is 1.64 bits per heavy atom. The molecule has 0 fully saturated rings. The Balaban J connectivity index is 3.22. The first-order chi connectivity index (χ1) is 6.29. The largest absolute Gasteiger partial charge is 0.488 e. The van der Waals surface area contributed by atoms with Gasteiger partial charge >= 0.3 is 10.5 Å². The quantitative estimate of drug-likeness (QED) is 0.613. The van der Waals surface area contributed by atoms with Crippen LogP contribution in [0.1, 0.15) is 0 Å². The Morgan fingerprint density at radius 1 is 1.21 bits per heavy atom. The molecule has 1 rings (SSSR count). The van der Waals surface area contributed by atoms with Crippen LogP contribution in [0.3, 0.4) is 0 Å². The third kappa shape index (κ3) is 3.01. The highest BCUT2D eigenvalue weighted by atomic mass is 127. The molecule has 0 spiro atoms. The molecule has 0 aliphatic rings. The molecule has 0 aliphatic heterocycles. The summed E-state index contributed by atoms with van der Waals surface area (Å²) < 4.78 is 61.2. The lowest BCUT2D eigenvalue weighted by Gasteiger charge is -2.03. The van der Waals surface area contributed by atoms with Crippen LogP contribution in [0.5, 0.6) is 5.75 Å². The van der Waals surface area contributed by atoms with Crippen molar-refractivity contribution >= 4 is 33.1 Å². The van der Waals surface area contributed by atoms with E-state index in [0.717, 1.165) is 12.1 Å². The maximum atomic E-state index is 12.8. The fourth-order valence-corrected chi connectivity index (χ4v) is 1.61. The van der Waals surface area contributed by atoms with Crippen molar-refractivity contribution in [2.24, 2.45) is 0 Å². The van der Waals surface area contributed by atoms with Gasteiger partial charge in [0.2, 0.25) is 5.75 Å². The number of halogens is 4. The van der Waals surface area contributed by atoms with E-state index in [1.54, 1.807) is 22.6 Å². The molecule has 3 nitrogen and oxygen atoms in total. The van der Waals surface area contributed by atoms with Crippen molar-refractivity contribution in [1.82, 2.24) is 0 Å². The number of hydrogen-bond donors (Lipinski definition) is 0. The first kappa shape index (κ1) is 11.6. The van der Waals surface area contributed by atoms with Gasteiger partial charge in [-0.05, 0) is 34.7 Å². The minimum Gasteiger partial charge on any atom is -0.352 e. The summed E-state index contributed by atoms with van der Waals surface area (Å²) >= 11 is 1.61. The molecule has 14 heavy (non-hydrogen) atoms. The van der Waals surface area contributed by atoms with Crippen molar-refractivity contribution in [3.05, 3.63) is 27.3 Å². The van der Waals surface area contributed by atoms with Crippen LogP contribution in [0.25, 0.3) is 0 Å². The summed E-state index contributed by atoms with van der Waals surface area (Å²) in [6.07, 6.45) is 0. The van der Waals surface area contributed by atoms with E-state index in [1.807, 2.05) is 0 Å². The minimum atomic E-state index is -5.42. The summed E-state index contributed by atoms with van der Waals surface area (Å²) in [7, 11) is -5.42. The Labute approximate surface area is 91.4 Å². The van der Waals surface area contributed by atoms with Crippen LogP contribution in [-0.2, 0) is 10.5 Å². The van der Waals surface area contributed by atoms with Crippen LogP contribution in [0.15, 0.2) is 12.1 Å². The second-order valence-corrected chi connectivity index (χ2v) is 4.37. The third-order valence-corrected chi connectivity index (χ3v) is 2.13. The fourth-order valence-electron chi connectivity index (χ4n) is 0.708. The average molecular weight is 338 g/mol. The summed E-state index contributed by atoms with van der Waals surface area (Å²) in [5.41, 5.74) is 0. The van der Waals surface area contributed by atoms with E-state index in [4.69, 9.17) is 0 Å². The summed E-state index contributed by atoms with van der Waals surface area (Å²) in [5, 5.41) is 0. The molecule has 0 N–H and O–H groups in total. The van der Waals surface area contributed by atoms with Crippen LogP contribution < -0.4 is 4.18 Å². The minimum absolute atomic E-state index is 0.196. The topological polar surface area (TPSA) is 43.4 Å². The first-order valence-electron chi connectivity index (χ1n) is 3.08. The Kier molecular flexibility index (Phi) is 3.24. The SMILES string of the molecule is O=S(=O)(F)Oc1c(F)cc(I)cc1F. The molecular formula is C6H2F3IO3S. The van der Waals surface area contributed by atoms with E-state index in [-0.39, 0.29) is 3.57 Å². The maximum Gasteiger partial charge on any atom is 0.488 e. The summed E-state index contributed by atoms with van der Waals surface area (Å²) in [6, 6.07) is 1.62. The molecule has 0 amide bonds. The zero-order valence-corrected chi connectivity index (χ0v) is 9.27. The van der Waals surface area contributed by atoms with E-state index >= 15 is 0 Å². The number of hydrogen-bond acceptors (Lipinski definition) is 3. The molecule has 0 atom stereocenters. The fraction of sp³-hybridized carbons (Fsp3) is 0. The standard InChI is InChI=1S/C6H2F3IO3S/c7-4-1-3(10)2-5(8)6(4)13-14(9,11)12/h1-2H. The highest BCUT2D eigenvalue weighted by molar-refractivity contribution is 14.1. The third-order valence-electron chi connectivity index (χ3n) is 1.15. The van der Waals surface area contributed by atoms with E-state index in [9.17, 15) is 21.1 Å². The predicted molar refractivity (Wildman–Crippen MR) is 49.7 cm³/mol. The first-order valence-corrected chi connectivity index (χ1v) is 5.47. The van der Waals surface area contributed by atoms with Gasteiger partial charge in [0.1, 0.15) is 0 Å². The van der Waals surface area contributed by atoms with E-state index in [2.05, 4.69) is 4.18 Å². The van der Waals surface area contributed by atoms with Crippen molar-refractivity contribution in [3.8, 4) is 5.75 Å². The van der Waals surface area contributed by atoms with Crippen LogP contribution in [0.4, 0.5) is 12.7 Å². The molecular weight excluding hydrogens is 336 g/mol. The lowest BCUT2D eigenvalue weighted by Crippen LogP contribution is -2.05. The van der Waals surface area contributed by atoms with Gasteiger partial charge in [0.15, 0.2) is 11.6 Å². The Morgan fingerprint density at radius 3 is 2.00 bits per heavy atom. The van der Waals surface area contributed by atoms with E-state index in [0.29, 0.717) is 0 Å². The van der Waals surface area contributed by atoms with Crippen molar-refractivity contribution in [2.45, 2.75) is 0 Å². The summed E-state index contributed by atoms with van der Waals surface area (Å²) in [6.45, 7) is 0. The maximum absolute atomic E-state index is 12.8. The molecule has 78 valence electrons. The molecule has 0 radical (unpaired) electrons. The van der Waals surface area contributed by atoms with Gasteiger partial charge in [-0.15, -0.1) is 0 Å². The van der Waals surface area contributed by atoms with Gasteiger partial charge in [-0.3, -0.25) is 0 Å². The van der Waals surface area contributed by atoms with Crippen LogP contribution >= 0.6 is 22.6 Å². The molecule has 1 aromatic carbocycles. The predicted octanol–water partition coefficient (Wildman–Crippen LogP) is 2.16. The molecule has 0 bridgehead atoms. The van der Waals surface area contributed by atoms with Gasteiger partial charge in [0.05, 0.1) is 0 Å². The molecule has 0 aromatic heterocycles. The van der Waals surface area contributed by atoms with Gasteiger partial charge < -0.3 is 4.18 Å². The number of benzene rings is 1. The van der Waals surface area contributed by atoms with Crippen LogP contribution in [0.2, 0.25) is 0 Å². The molecule has 0 heterocycles. The summed E-state index contributed by atoms with van der Waals surface area (Å²) in [5.74, 6) is -3.83.